The van der Waals surface area contributed by atoms with Gasteiger partial charge in [-0.1, -0.05) is 12.1 Å². The minimum atomic E-state index is -0.819. The van der Waals surface area contributed by atoms with Gasteiger partial charge in [0.2, 0.25) is 6.79 Å². The highest BCUT2D eigenvalue weighted by Crippen LogP contribution is 2.34. The molecule has 1 amide bonds. The second-order valence-electron chi connectivity index (χ2n) is 7.10. The van der Waals surface area contributed by atoms with Crippen molar-refractivity contribution >= 4 is 30.4 Å². The Labute approximate surface area is 202 Å². The molecule has 0 aromatic heterocycles. The Morgan fingerprint density at radius 3 is 2.59 bits per heavy atom. The van der Waals surface area contributed by atoms with Crippen LogP contribution in [0.1, 0.15) is 18.1 Å². The summed E-state index contributed by atoms with van der Waals surface area (Å²) in [6.45, 7) is 0.245. The van der Waals surface area contributed by atoms with E-state index in [2.05, 4.69) is 17.9 Å². The Balaban J connectivity index is 1.72. The second-order valence-corrected chi connectivity index (χ2v) is 7.42. The van der Waals surface area contributed by atoms with E-state index in [1.807, 2.05) is 0 Å². The zero-order chi connectivity index (χ0) is 24.3. The molecule has 2 aromatic carbocycles. The molecule has 0 bridgehead atoms. The molecule has 0 saturated heterocycles. The van der Waals surface area contributed by atoms with Crippen molar-refractivity contribution < 1.29 is 43.1 Å². The number of carbonyl (C=O) groups excluding carboxylic acids is 2. The molecule has 2 atom stereocenters. The lowest BCUT2D eigenvalue weighted by Crippen LogP contribution is -2.29. The van der Waals surface area contributed by atoms with E-state index >= 15 is 0 Å². The molecule has 0 aliphatic carbocycles. The van der Waals surface area contributed by atoms with Crippen LogP contribution in [-0.2, 0) is 19.0 Å². The molecule has 1 heterocycles. The van der Waals surface area contributed by atoms with E-state index < -0.39 is 24.3 Å². The number of ether oxygens (including phenoxy) is 6. The topological polar surface area (TPSA) is 122 Å². The first kappa shape index (κ1) is 25.5. The van der Waals surface area contributed by atoms with Crippen molar-refractivity contribution in [2.24, 2.45) is 0 Å². The summed E-state index contributed by atoms with van der Waals surface area (Å²) in [7, 11) is 1.48. The third-order valence-corrected chi connectivity index (χ3v) is 5.11. The van der Waals surface area contributed by atoms with Crippen molar-refractivity contribution in [2.45, 2.75) is 18.6 Å². The first-order valence-electron chi connectivity index (χ1n) is 10.5. The van der Waals surface area contributed by atoms with E-state index in [0.29, 0.717) is 28.5 Å². The third-order valence-electron chi connectivity index (χ3n) is 4.86. The normalized spacial score (nSPS) is 13.6. The molecule has 0 unspecified atom stereocenters. The molecule has 11 heteroatoms. The lowest BCUT2D eigenvalue weighted by molar-refractivity contribution is -0.141. The zero-order valence-corrected chi connectivity index (χ0v) is 19.5. The maximum Gasteiger partial charge on any atom is 0.412 e. The smallest absolute Gasteiger partial charge is 0.412 e. The standard InChI is InChI=1S/C23H27NO9S/c1-28-19(8-10-30-21(26)13-34)22(15-2-5-17(6-3-15)29-11-9-25)33-23(27)24-16-4-7-18-20(12-16)32-14-31-18/h2-7,12,19,22,25,34H,8-11,13-14H2,1H3,(H,24,27)/t19-,22-/m0/s1. The van der Waals surface area contributed by atoms with Crippen LogP contribution in [0.5, 0.6) is 17.2 Å². The molecule has 3 rings (SSSR count). The number of benzene rings is 2. The van der Waals surface area contributed by atoms with E-state index in [-0.39, 0.29) is 38.8 Å². The Hall–Kier alpha value is -3.15. The third kappa shape index (κ3) is 7.17. The van der Waals surface area contributed by atoms with E-state index in [9.17, 15) is 9.59 Å². The molecule has 184 valence electrons. The number of amides is 1. The quantitative estimate of drug-likeness (QED) is 0.303. The monoisotopic (exact) mass is 493 g/mol. The number of methoxy groups -OCH3 is 1. The van der Waals surface area contributed by atoms with Crippen molar-refractivity contribution in [3.8, 4) is 17.2 Å². The summed E-state index contributed by atoms with van der Waals surface area (Å²) in [5.74, 6) is 1.17. The first-order valence-corrected chi connectivity index (χ1v) is 11.2. The van der Waals surface area contributed by atoms with E-state index in [1.54, 1.807) is 42.5 Å². The van der Waals surface area contributed by atoms with Crippen LogP contribution in [0.3, 0.4) is 0 Å². The lowest BCUT2D eigenvalue weighted by Gasteiger charge is -2.26. The molecule has 0 radical (unpaired) electrons. The Morgan fingerprint density at radius 1 is 1.12 bits per heavy atom. The van der Waals surface area contributed by atoms with Crippen LogP contribution in [0.4, 0.5) is 10.5 Å². The van der Waals surface area contributed by atoms with Crippen LogP contribution >= 0.6 is 12.6 Å². The van der Waals surface area contributed by atoms with Crippen LogP contribution in [0.2, 0.25) is 0 Å². The summed E-state index contributed by atoms with van der Waals surface area (Å²) >= 11 is 3.88. The number of thiol groups is 1. The molecule has 1 aliphatic heterocycles. The Kier molecular flexibility index (Phi) is 9.68. The van der Waals surface area contributed by atoms with Crippen molar-refractivity contribution in [3.63, 3.8) is 0 Å². The number of aliphatic hydroxyl groups is 1. The molecule has 0 spiro atoms. The summed E-state index contributed by atoms with van der Waals surface area (Å²) in [5, 5.41) is 11.6. The summed E-state index contributed by atoms with van der Waals surface area (Å²) < 4.78 is 32.4. The number of hydrogen-bond donors (Lipinski definition) is 3. The van der Waals surface area contributed by atoms with Gasteiger partial charge in [-0.3, -0.25) is 10.1 Å². The van der Waals surface area contributed by atoms with Crippen LogP contribution in [0, 0.1) is 0 Å². The second kappa shape index (κ2) is 12.9. The average molecular weight is 494 g/mol. The van der Waals surface area contributed by atoms with Gasteiger partial charge in [0.05, 0.1) is 19.0 Å². The minimum absolute atomic E-state index is 0.0369. The van der Waals surface area contributed by atoms with Crippen LogP contribution in [-0.4, -0.2) is 62.7 Å². The van der Waals surface area contributed by atoms with Crippen molar-refractivity contribution in [1.29, 1.82) is 0 Å². The first-order chi connectivity index (χ1) is 16.5. The van der Waals surface area contributed by atoms with Gasteiger partial charge in [0.25, 0.3) is 0 Å². The molecule has 34 heavy (non-hydrogen) atoms. The number of nitrogens with one attached hydrogen (secondary N) is 1. The van der Waals surface area contributed by atoms with E-state index in [1.165, 1.54) is 7.11 Å². The van der Waals surface area contributed by atoms with Crippen molar-refractivity contribution in [1.82, 2.24) is 0 Å². The highest BCUT2D eigenvalue weighted by Gasteiger charge is 2.28. The number of esters is 1. The van der Waals surface area contributed by atoms with Gasteiger partial charge in [0.1, 0.15) is 18.5 Å². The van der Waals surface area contributed by atoms with Crippen LogP contribution in [0.25, 0.3) is 0 Å². The number of fused-ring (bicyclic) bond motifs is 1. The summed E-state index contributed by atoms with van der Waals surface area (Å²) in [6.07, 6.45) is -1.86. The molecule has 1 aliphatic rings. The largest absolute Gasteiger partial charge is 0.491 e. The van der Waals surface area contributed by atoms with E-state index in [0.717, 1.165) is 0 Å². The van der Waals surface area contributed by atoms with Gasteiger partial charge in [-0.05, 0) is 29.8 Å². The van der Waals surface area contributed by atoms with Gasteiger partial charge < -0.3 is 33.5 Å². The predicted molar refractivity (Wildman–Crippen MR) is 125 cm³/mol. The molecule has 10 nitrogen and oxygen atoms in total. The van der Waals surface area contributed by atoms with Crippen LogP contribution < -0.4 is 19.5 Å². The van der Waals surface area contributed by atoms with Gasteiger partial charge in [0, 0.05) is 25.3 Å². The molecule has 2 aromatic rings. The maximum atomic E-state index is 12.7. The number of rotatable bonds is 12. The molecule has 2 N–H and O–H groups in total. The summed E-state index contributed by atoms with van der Waals surface area (Å²) in [4.78, 5) is 24.2. The number of aliphatic hydroxyl groups excluding tert-OH is 1. The Morgan fingerprint density at radius 2 is 1.88 bits per heavy atom. The zero-order valence-electron chi connectivity index (χ0n) is 18.6. The summed E-state index contributed by atoms with van der Waals surface area (Å²) in [6, 6.07) is 11.9. The van der Waals surface area contributed by atoms with Crippen molar-refractivity contribution in [3.05, 3.63) is 48.0 Å². The maximum absolute atomic E-state index is 12.7. The lowest BCUT2D eigenvalue weighted by atomic mass is 10.0. The highest BCUT2D eigenvalue weighted by atomic mass is 32.1. The minimum Gasteiger partial charge on any atom is -0.491 e. The molecular weight excluding hydrogens is 466 g/mol. The van der Waals surface area contributed by atoms with E-state index in [4.69, 9.17) is 33.5 Å². The highest BCUT2D eigenvalue weighted by molar-refractivity contribution is 7.81. The SMILES string of the molecule is CO[C@@H](CCOC(=O)CS)[C@@H](OC(=O)Nc1ccc2c(c1)OCO2)c1ccc(OCCO)cc1. The van der Waals surface area contributed by atoms with Gasteiger partial charge in [-0.25, -0.2) is 4.79 Å². The predicted octanol–water partition coefficient (Wildman–Crippen LogP) is 2.95. The number of hydrogen-bond acceptors (Lipinski definition) is 10. The number of carbonyl (C=O) groups is 2. The van der Waals surface area contributed by atoms with Gasteiger partial charge >= 0.3 is 12.1 Å². The number of anilines is 1. The van der Waals surface area contributed by atoms with Gasteiger partial charge in [-0.15, -0.1) is 0 Å². The molecule has 0 fully saturated rings. The fraction of sp³-hybridized carbons (Fsp3) is 0.391. The molecule has 0 saturated carbocycles. The summed E-state index contributed by atoms with van der Waals surface area (Å²) in [5.41, 5.74) is 1.11. The fourth-order valence-electron chi connectivity index (χ4n) is 3.24. The van der Waals surface area contributed by atoms with Gasteiger partial charge in [0.15, 0.2) is 17.6 Å². The Bertz CT molecular complexity index is 954. The van der Waals surface area contributed by atoms with Gasteiger partial charge in [-0.2, -0.15) is 12.6 Å². The molecular formula is C23H27NO9S. The van der Waals surface area contributed by atoms with Crippen molar-refractivity contribution in [2.75, 3.05) is 44.8 Å². The average Bonchev–Trinajstić information content (AvgIpc) is 3.32. The fourth-order valence-corrected chi connectivity index (χ4v) is 3.33. The van der Waals surface area contributed by atoms with Crippen LogP contribution in [0.15, 0.2) is 42.5 Å².